The van der Waals surface area contributed by atoms with Gasteiger partial charge in [0.1, 0.15) is 12.4 Å². The van der Waals surface area contributed by atoms with Gasteiger partial charge in [0.05, 0.1) is 12.2 Å². The Balaban J connectivity index is 1.71. The van der Waals surface area contributed by atoms with Gasteiger partial charge < -0.3 is 9.88 Å². The van der Waals surface area contributed by atoms with Crippen molar-refractivity contribution in [2.45, 2.75) is 25.3 Å². The van der Waals surface area contributed by atoms with Crippen LogP contribution in [0.15, 0.2) is 24.8 Å². The van der Waals surface area contributed by atoms with E-state index < -0.39 is 12.7 Å². The lowest BCUT2D eigenvalue weighted by Gasteiger charge is -2.35. The van der Waals surface area contributed by atoms with E-state index in [1.807, 2.05) is 17.8 Å². The van der Waals surface area contributed by atoms with Gasteiger partial charge in [0.2, 0.25) is 0 Å². The van der Waals surface area contributed by atoms with Crippen LogP contribution in [-0.2, 0) is 20.1 Å². The largest absolute Gasteiger partial charge is 0.408 e. The number of nitrogens with zero attached hydrogens (tertiary/aromatic N) is 5. The minimum Gasteiger partial charge on any atom is -0.337 e. The van der Waals surface area contributed by atoms with Crippen molar-refractivity contribution in [2.24, 2.45) is 7.05 Å². The molecule has 1 aliphatic heterocycles. The molecule has 1 N–H and O–H groups in total. The number of hydrogen-bond acceptors (Lipinski definition) is 4. The van der Waals surface area contributed by atoms with Crippen LogP contribution in [0.25, 0.3) is 0 Å². The quantitative estimate of drug-likeness (QED) is 0.920. The van der Waals surface area contributed by atoms with Crippen LogP contribution in [0.5, 0.6) is 0 Å². The minimum absolute atomic E-state index is 0.0923. The molecule has 3 heterocycles. The summed E-state index contributed by atoms with van der Waals surface area (Å²) in [5.74, 6) is 0.944. The van der Waals surface area contributed by atoms with Crippen LogP contribution < -0.4 is 5.32 Å². The van der Waals surface area contributed by atoms with Crippen molar-refractivity contribution in [2.75, 3.05) is 19.6 Å². The molecule has 0 saturated carbocycles. The van der Waals surface area contributed by atoms with E-state index in [1.165, 1.54) is 12.4 Å². The number of alkyl halides is 3. The molecular formula is C14H19F3N6. The lowest BCUT2D eigenvalue weighted by Crippen LogP contribution is -2.46. The molecule has 126 valence electrons. The predicted molar refractivity (Wildman–Crippen MR) is 77.5 cm³/mol. The molecule has 1 aliphatic rings. The Morgan fingerprint density at radius 3 is 2.91 bits per heavy atom. The molecule has 1 atom stereocenters. The van der Waals surface area contributed by atoms with Crippen LogP contribution in [0.3, 0.4) is 0 Å². The third-order valence-electron chi connectivity index (χ3n) is 3.92. The van der Waals surface area contributed by atoms with E-state index in [0.29, 0.717) is 6.54 Å². The van der Waals surface area contributed by atoms with Crippen molar-refractivity contribution in [3.05, 3.63) is 36.2 Å². The molecule has 2 aromatic heterocycles. The smallest absolute Gasteiger partial charge is 0.337 e. The summed E-state index contributed by atoms with van der Waals surface area (Å²) in [5, 5.41) is 7.14. The van der Waals surface area contributed by atoms with Crippen molar-refractivity contribution < 1.29 is 13.2 Å². The second kappa shape index (κ2) is 6.32. The van der Waals surface area contributed by atoms with Gasteiger partial charge >= 0.3 is 6.18 Å². The zero-order valence-corrected chi connectivity index (χ0v) is 12.8. The highest BCUT2D eigenvalue weighted by atomic mass is 19.4. The summed E-state index contributed by atoms with van der Waals surface area (Å²) in [6, 6.07) is 0.0923. The number of imidazole rings is 1. The number of rotatable bonds is 4. The molecule has 0 aromatic carbocycles. The van der Waals surface area contributed by atoms with Gasteiger partial charge in [-0.2, -0.15) is 18.3 Å². The monoisotopic (exact) mass is 328 g/mol. The molecule has 23 heavy (non-hydrogen) atoms. The van der Waals surface area contributed by atoms with E-state index in [1.54, 1.807) is 6.20 Å². The van der Waals surface area contributed by atoms with Gasteiger partial charge in [0.25, 0.3) is 0 Å². The Labute approximate surface area is 131 Å². The summed E-state index contributed by atoms with van der Waals surface area (Å²) in [6.07, 6.45) is 2.36. The first kappa shape index (κ1) is 16.0. The molecule has 1 saturated heterocycles. The summed E-state index contributed by atoms with van der Waals surface area (Å²) < 4.78 is 40.1. The van der Waals surface area contributed by atoms with Crippen LogP contribution in [0.1, 0.15) is 17.4 Å². The molecule has 0 spiro atoms. The second-order valence-corrected chi connectivity index (χ2v) is 5.75. The first-order chi connectivity index (χ1) is 10.9. The van der Waals surface area contributed by atoms with E-state index in [-0.39, 0.29) is 6.04 Å². The van der Waals surface area contributed by atoms with Gasteiger partial charge in [-0.15, -0.1) is 0 Å². The topological polar surface area (TPSA) is 50.9 Å². The Bertz CT molecular complexity index is 647. The second-order valence-electron chi connectivity index (χ2n) is 5.75. The highest BCUT2D eigenvalue weighted by Gasteiger charge is 2.29. The standard InChI is InChI=1S/C14H19F3N6/c1-21-4-3-19-13(21)12-7-18-2-5-22(12)8-11-6-20-23(9-11)10-14(15,16)17/h3-4,6,9,12,18H,2,5,7-8,10H2,1H3. The van der Waals surface area contributed by atoms with Crippen LogP contribution >= 0.6 is 0 Å². The van der Waals surface area contributed by atoms with Crippen LogP contribution in [0.4, 0.5) is 13.2 Å². The van der Waals surface area contributed by atoms with E-state index >= 15 is 0 Å². The Hall–Kier alpha value is -1.87. The molecule has 0 bridgehead atoms. The van der Waals surface area contributed by atoms with Gasteiger partial charge in [0, 0.05) is 57.4 Å². The normalized spacial score (nSPS) is 20.1. The molecular weight excluding hydrogens is 309 g/mol. The van der Waals surface area contributed by atoms with E-state index in [0.717, 1.165) is 35.7 Å². The Morgan fingerprint density at radius 1 is 1.39 bits per heavy atom. The first-order valence-electron chi connectivity index (χ1n) is 7.42. The third kappa shape index (κ3) is 3.91. The molecule has 3 rings (SSSR count). The van der Waals surface area contributed by atoms with Crippen molar-refractivity contribution in [1.82, 2.24) is 29.5 Å². The summed E-state index contributed by atoms with van der Waals surface area (Å²) >= 11 is 0. The number of piperazine rings is 1. The van der Waals surface area contributed by atoms with Gasteiger partial charge in [-0.05, 0) is 0 Å². The van der Waals surface area contributed by atoms with Gasteiger partial charge in [-0.25, -0.2) is 4.98 Å². The van der Waals surface area contributed by atoms with Crippen LogP contribution in [-0.4, -0.2) is 50.0 Å². The zero-order valence-electron chi connectivity index (χ0n) is 12.8. The summed E-state index contributed by atoms with van der Waals surface area (Å²) in [7, 11) is 1.94. The van der Waals surface area contributed by atoms with Crippen LogP contribution in [0.2, 0.25) is 0 Å². The maximum atomic E-state index is 12.4. The number of nitrogens with one attached hydrogen (secondary N) is 1. The SMILES string of the molecule is Cn1ccnc1C1CNCCN1Cc1cnn(CC(F)(F)F)c1. The molecule has 0 aliphatic carbocycles. The van der Waals surface area contributed by atoms with Gasteiger partial charge in [-0.1, -0.05) is 0 Å². The maximum Gasteiger partial charge on any atom is 0.408 e. The number of hydrogen-bond donors (Lipinski definition) is 1. The van der Waals surface area contributed by atoms with Gasteiger partial charge in [-0.3, -0.25) is 9.58 Å². The molecule has 9 heteroatoms. The van der Waals surface area contributed by atoms with Crippen molar-refractivity contribution in [3.63, 3.8) is 0 Å². The predicted octanol–water partition coefficient (Wildman–Crippen LogP) is 1.33. The maximum absolute atomic E-state index is 12.4. The van der Waals surface area contributed by atoms with E-state index in [4.69, 9.17) is 0 Å². The Morgan fingerprint density at radius 2 is 2.22 bits per heavy atom. The molecule has 1 unspecified atom stereocenters. The highest BCUT2D eigenvalue weighted by Crippen LogP contribution is 2.23. The number of aryl methyl sites for hydroxylation is 1. The average Bonchev–Trinajstić information content (AvgIpc) is 3.07. The molecule has 2 aromatic rings. The summed E-state index contributed by atoms with van der Waals surface area (Å²) in [6.45, 7) is 1.91. The lowest BCUT2D eigenvalue weighted by molar-refractivity contribution is -0.142. The number of aromatic nitrogens is 4. The van der Waals surface area contributed by atoms with Gasteiger partial charge in [0.15, 0.2) is 0 Å². The first-order valence-corrected chi connectivity index (χ1v) is 7.42. The van der Waals surface area contributed by atoms with E-state index in [2.05, 4.69) is 20.3 Å². The summed E-state index contributed by atoms with van der Waals surface area (Å²) in [4.78, 5) is 6.61. The highest BCUT2D eigenvalue weighted by molar-refractivity contribution is 5.08. The zero-order chi connectivity index (χ0) is 16.4. The molecule has 0 amide bonds. The fourth-order valence-corrected chi connectivity index (χ4v) is 2.88. The average molecular weight is 328 g/mol. The lowest BCUT2D eigenvalue weighted by atomic mass is 10.1. The summed E-state index contributed by atoms with van der Waals surface area (Å²) in [5.41, 5.74) is 0.773. The van der Waals surface area contributed by atoms with Crippen molar-refractivity contribution >= 4 is 0 Å². The molecule has 6 nitrogen and oxygen atoms in total. The third-order valence-corrected chi connectivity index (χ3v) is 3.92. The molecule has 1 fully saturated rings. The van der Waals surface area contributed by atoms with Crippen molar-refractivity contribution in [3.8, 4) is 0 Å². The fraction of sp³-hybridized carbons (Fsp3) is 0.571. The fourth-order valence-electron chi connectivity index (χ4n) is 2.88. The Kier molecular flexibility index (Phi) is 4.40. The molecule has 0 radical (unpaired) electrons. The minimum atomic E-state index is -4.26. The number of halogens is 3. The van der Waals surface area contributed by atoms with Crippen LogP contribution in [0, 0.1) is 0 Å². The van der Waals surface area contributed by atoms with Crippen molar-refractivity contribution in [1.29, 1.82) is 0 Å². The van der Waals surface area contributed by atoms with E-state index in [9.17, 15) is 13.2 Å².